The standard InChI is InChI=1S/C31H20OS2/c1-18-10-11-27(33-18)30-23-14-19-6-2-4-8-21(19)16-25(23)31(28-12-13-29(32)34-28)26-17-22-9-5-3-7-20(22)15-24(26)30/h2-17,32H,1H3. The summed E-state index contributed by atoms with van der Waals surface area (Å²) in [6.07, 6.45) is 0. The lowest BCUT2D eigenvalue weighted by Gasteiger charge is -2.18. The topological polar surface area (TPSA) is 20.2 Å². The molecule has 0 aliphatic carbocycles. The maximum absolute atomic E-state index is 10.3. The van der Waals surface area contributed by atoms with Crippen molar-refractivity contribution in [3.63, 3.8) is 0 Å². The van der Waals surface area contributed by atoms with E-state index in [1.165, 1.54) is 75.3 Å². The molecule has 0 aliphatic rings. The van der Waals surface area contributed by atoms with Gasteiger partial charge in [0.1, 0.15) is 0 Å². The molecular weight excluding hydrogens is 452 g/mol. The molecule has 0 bridgehead atoms. The van der Waals surface area contributed by atoms with Crippen molar-refractivity contribution in [2.24, 2.45) is 0 Å². The number of thiophene rings is 2. The van der Waals surface area contributed by atoms with Crippen LogP contribution in [0.3, 0.4) is 0 Å². The summed E-state index contributed by atoms with van der Waals surface area (Å²) in [6, 6.07) is 34.8. The SMILES string of the molecule is Cc1ccc(-c2c3cc4ccccc4cc3c(-c3ccc(O)s3)c3cc4ccccc4cc23)s1. The molecule has 0 fully saturated rings. The van der Waals surface area contributed by atoms with E-state index in [0.29, 0.717) is 5.06 Å². The largest absolute Gasteiger partial charge is 0.499 e. The van der Waals surface area contributed by atoms with E-state index in [0.717, 1.165) is 4.88 Å². The molecule has 2 heterocycles. The van der Waals surface area contributed by atoms with Crippen molar-refractivity contribution >= 4 is 65.8 Å². The molecule has 5 aromatic carbocycles. The van der Waals surface area contributed by atoms with Crippen molar-refractivity contribution in [3.8, 4) is 25.9 Å². The van der Waals surface area contributed by atoms with Crippen molar-refractivity contribution in [3.05, 3.63) is 102 Å². The molecule has 0 spiro atoms. The zero-order chi connectivity index (χ0) is 22.8. The predicted octanol–water partition coefficient (Wildman–Crippen LogP) is 9.77. The first-order valence-corrected chi connectivity index (χ1v) is 13.0. The molecule has 0 saturated heterocycles. The third kappa shape index (κ3) is 2.98. The number of aromatic hydroxyl groups is 1. The number of aryl methyl sites for hydroxylation is 1. The lowest BCUT2D eigenvalue weighted by atomic mass is 9.87. The van der Waals surface area contributed by atoms with Crippen LogP contribution in [0.15, 0.2) is 97.1 Å². The Balaban J connectivity index is 1.78. The van der Waals surface area contributed by atoms with Crippen LogP contribution in [0.1, 0.15) is 4.88 Å². The summed E-state index contributed by atoms with van der Waals surface area (Å²) in [7, 11) is 0. The highest BCUT2D eigenvalue weighted by molar-refractivity contribution is 7.17. The Morgan fingerprint density at radius 1 is 0.500 bits per heavy atom. The molecule has 7 aromatic rings. The first kappa shape index (κ1) is 19.8. The molecule has 0 atom stereocenters. The monoisotopic (exact) mass is 472 g/mol. The van der Waals surface area contributed by atoms with Gasteiger partial charge < -0.3 is 5.11 Å². The van der Waals surface area contributed by atoms with E-state index in [1.54, 1.807) is 6.07 Å². The Labute approximate surface area is 205 Å². The van der Waals surface area contributed by atoms with Crippen LogP contribution in [0.5, 0.6) is 5.06 Å². The van der Waals surface area contributed by atoms with E-state index in [1.807, 2.05) is 17.4 Å². The van der Waals surface area contributed by atoms with Crippen molar-refractivity contribution in [2.75, 3.05) is 0 Å². The molecule has 0 aliphatic heterocycles. The highest BCUT2D eigenvalue weighted by Gasteiger charge is 2.20. The lowest BCUT2D eigenvalue weighted by Crippen LogP contribution is -1.90. The van der Waals surface area contributed by atoms with Gasteiger partial charge in [-0.15, -0.1) is 11.3 Å². The minimum atomic E-state index is 0.343. The third-order valence-corrected chi connectivity index (χ3v) is 8.60. The predicted molar refractivity (Wildman–Crippen MR) is 149 cm³/mol. The molecule has 0 saturated carbocycles. The van der Waals surface area contributed by atoms with Gasteiger partial charge >= 0.3 is 0 Å². The Kier molecular flexibility index (Phi) is 4.32. The molecule has 1 N–H and O–H groups in total. The first-order chi connectivity index (χ1) is 16.7. The second kappa shape index (κ2) is 7.42. The van der Waals surface area contributed by atoms with Gasteiger partial charge in [-0.3, -0.25) is 0 Å². The lowest BCUT2D eigenvalue weighted by molar-refractivity contribution is 0.491. The van der Waals surface area contributed by atoms with Crippen molar-refractivity contribution < 1.29 is 5.11 Å². The highest BCUT2D eigenvalue weighted by Crippen LogP contribution is 2.49. The Morgan fingerprint density at radius 2 is 0.912 bits per heavy atom. The summed E-state index contributed by atoms with van der Waals surface area (Å²) in [5.74, 6) is 0. The molecule has 3 heteroatoms. The van der Waals surface area contributed by atoms with E-state index in [-0.39, 0.29) is 0 Å². The Morgan fingerprint density at radius 3 is 1.26 bits per heavy atom. The molecular formula is C31H20OS2. The van der Waals surface area contributed by atoms with Crippen molar-refractivity contribution in [2.45, 2.75) is 6.92 Å². The number of hydrogen-bond acceptors (Lipinski definition) is 3. The fourth-order valence-corrected chi connectivity index (χ4v) is 6.92. The summed E-state index contributed by atoms with van der Waals surface area (Å²) in [6.45, 7) is 2.17. The van der Waals surface area contributed by atoms with Gasteiger partial charge in [-0.25, -0.2) is 0 Å². The molecule has 2 aromatic heterocycles. The minimum Gasteiger partial charge on any atom is -0.499 e. The summed E-state index contributed by atoms with van der Waals surface area (Å²) in [5.41, 5.74) is 2.49. The van der Waals surface area contributed by atoms with E-state index in [4.69, 9.17) is 0 Å². The molecule has 0 radical (unpaired) electrons. The summed E-state index contributed by atoms with van der Waals surface area (Å²) in [5, 5.41) is 20.5. The molecule has 34 heavy (non-hydrogen) atoms. The number of hydrogen-bond donors (Lipinski definition) is 1. The van der Waals surface area contributed by atoms with E-state index in [9.17, 15) is 5.11 Å². The summed E-state index contributed by atoms with van der Waals surface area (Å²) < 4.78 is 0. The zero-order valence-corrected chi connectivity index (χ0v) is 20.1. The Bertz CT molecular complexity index is 1650. The number of rotatable bonds is 2. The fourth-order valence-electron chi connectivity index (χ4n) is 5.16. The maximum Gasteiger partial charge on any atom is 0.171 e. The highest BCUT2D eigenvalue weighted by atomic mass is 32.1. The van der Waals surface area contributed by atoms with Gasteiger partial charge in [0.25, 0.3) is 0 Å². The van der Waals surface area contributed by atoms with Crippen LogP contribution in [0, 0.1) is 6.92 Å². The second-order valence-electron chi connectivity index (χ2n) is 8.79. The van der Waals surface area contributed by atoms with Crippen LogP contribution >= 0.6 is 22.7 Å². The van der Waals surface area contributed by atoms with Crippen LogP contribution in [0.25, 0.3) is 64.0 Å². The summed E-state index contributed by atoms with van der Waals surface area (Å²) in [4.78, 5) is 3.69. The van der Waals surface area contributed by atoms with Gasteiger partial charge in [0.15, 0.2) is 5.06 Å². The van der Waals surface area contributed by atoms with Crippen molar-refractivity contribution in [1.29, 1.82) is 0 Å². The van der Waals surface area contributed by atoms with E-state index in [2.05, 4.69) is 91.9 Å². The van der Waals surface area contributed by atoms with Gasteiger partial charge in [0.05, 0.1) is 0 Å². The quantitative estimate of drug-likeness (QED) is 0.248. The third-order valence-electron chi connectivity index (χ3n) is 6.67. The number of benzene rings is 5. The van der Waals surface area contributed by atoms with E-state index >= 15 is 0 Å². The zero-order valence-electron chi connectivity index (χ0n) is 18.5. The average molecular weight is 473 g/mol. The second-order valence-corrected chi connectivity index (χ2v) is 11.1. The van der Waals surface area contributed by atoms with Crippen LogP contribution in [0.2, 0.25) is 0 Å². The minimum absolute atomic E-state index is 0.343. The molecule has 0 amide bonds. The average Bonchev–Trinajstić information content (AvgIpc) is 3.48. The fraction of sp³-hybridized carbons (Fsp3) is 0.0323. The molecule has 1 nitrogen and oxygen atoms in total. The first-order valence-electron chi connectivity index (χ1n) is 11.3. The van der Waals surface area contributed by atoms with Gasteiger partial charge in [-0.05, 0) is 98.5 Å². The maximum atomic E-state index is 10.3. The van der Waals surface area contributed by atoms with Gasteiger partial charge in [-0.2, -0.15) is 0 Å². The molecule has 0 unspecified atom stereocenters. The molecule has 162 valence electrons. The van der Waals surface area contributed by atoms with Gasteiger partial charge in [0.2, 0.25) is 0 Å². The van der Waals surface area contributed by atoms with Crippen molar-refractivity contribution in [1.82, 2.24) is 0 Å². The number of fused-ring (bicyclic) bond motifs is 4. The summed E-state index contributed by atoms with van der Waals surface area (Å²) >= 11 is 3.29. The van der Waals surface area contributed by atoms with Gasteiger partial charge in [0, 0.05) is 25.8 Å². The van der Waals surface area contributed by atoms with Crippen LogP contribution < -0.4 is 0 Å². The molecule has 7 rings (SSSR count). The van der Waals surface area contributed by atoms with Crippen LogP contribution in [-0.2, 0) is 0 Å². The van der Waals surface area contributed by atoms with E-state index < -0.39 is 0 Å². The normalized spacial score (nSPS) is 11.8. The Hall–Kier alpha value is -3.66. The smallest absolute Gasteiger partial charge is 0.171 e. The van der Waals surface area contributed by atoms with Crippen LogP contribution in [-0.4, -0.2) is 5.11 Å². The van der Waals surface area contributed by atoms with Crippen LogP contribution in [0.4, 0.5) is 0 Å². The van der Waals surface area contributed by atoms with Gasteiger partial charge in [-0.1, -0.05) is 59.9 Å².